The summed E-state index contributed by atoms with van der Waals surface area (Å²) < 4.78 is 13.5. The van der Waals surface area contributed by atoms with Crippen molar-refractivity contribution in [2.24, 2.45) is 0 Å². The lowest BCUT2D eigenvalue weighted by Crippen LogP contribution is -2.32. The quantitative estimate of drug-likeness (QED) is 0.777. The van der Waals surface area contributed by atoms with Crippen molar-refractivity contribution in [3.05, 3.63) is 82.0 Å². The Hall–Kier alpha value is -2.95. The largest absolute Gasteiger partial charge is 0.330 e. The normalized spacial score (nSPS) is 17.2. The van der Waals surface area contributed by atoms with E-state index in [1.54, 1.807) is 29.2 Å². The fourth-order valence-electron chi connectivity index (χ4n) is 3.55. The minimum Gasteiger partial charge on any atom is -0.330 e. The van der Waals surface area contributed by atoms with Gasteiger partial charge in [0, 0.05) is 11.9 Å². The van der Waals surface area contributed by atoms with Crippen LogP contribution in [0.4, 0.5) is 4.39 Å². The molecule has 0 saturated carbocycles. The molecule has 1 aliphatic heterocycles. The van der Waals surface area contributed by atoms with Crippen molar-refractivity contribution in [1.82, 2.24) is 9.88 Å². The van der Waals surface area contributed by atoms with E-state index < -0.39 is 0 Å². The number of H-pyrrole nitrogens is 1. The van der Waals surface area contributed by atoms with Crippen LogP contribution in [0.5, 0.6) is 0 Å². The van der Waals surface area contributed by atoms with Gasteiger partial charge in [0.1, 0.15) is 11.5 Å². The number of fused-ring (bicyclic) bond motifs is 1. The number of hydrogen-bond donors (Lipinski definition) is 1. The maximum Gasteiger partial charge on any atom is 0.270 e. The highest BCUT2D eigenvalue weighted by molar-refractivity contribution is 5.96. The Kier molecular flexibility index (Phi) is 3.84. The van der Waals surface area contributed by atoms with E-state index in [-0.39, 0.29) is 29.0 Å². The number of nitrogens with one attached hydrogen (secondary N) is 1. The molecule has 2 heterocycles. The third kappa shape index (κ3) is 2.82. The summed E-state index contributed by atoms with van der Waals surface area (Å²) in [5.41, 5.74) is 0.781. The molecule has 0 bridgehead atoms. The molecule has 25 heavy (non-hydrogen) atoms. The zero-order valence-electron chi connectivity index (χ0n) is 13.5. The van der Waals surface area contributed by atoms with Gasteiger partial charge in [-0.05, 0) is 48.1 Å². The maximum atomic E-state index is 13.5. The van der Waals surface area contributed by atoms with Crippen LogP contribution in [0.15, 0.2) is 59.4 Å². The van der Waals surface area contributed by atoms with Crippen molar-refractivity contribution in [2.45, 2.75) is 18.9 Å². The second-order valence-electron chi connectivity index (χ2n) is 6.31. The second-order valence-corrected chi connectivity index (χ2v) is 6.31. The number of halogens is 1. The first kappa shape index (κ1) is 15.6. The molecule has 1 aromatic heterocycles. The molecular weight excluding hydrogens is 319 g/mol. The molecule has 5 heteroatoms. The zero-order valence-corrected chi connectivity index (χ0v) is 13.5. The Balaban J connectivity index is 1.71. The number of benzene rings is 2. The lowest BCUT2D eigenvalue weighted by atomic mass is 10.0. The first-order chi connectivity index (χ1) is 12.1. The van der Waals surface area contributed by atoms with Crippen LogP contribution in [-0.4, -0.2) is 22.3 Å². The standard InChI is InChI=1S/C20H17FN2O2/c21-15-7-3-6-14(11-15)18-9-4-10-23(18)20(25)17-12-13-5-1-2-8-16(13)19(24)22-17/h1-3,5-8,11-12,18H,4,9-10H2,(H,22,24)/t18-/m1/s1. The zero-order chi connectivity index (χ0) is 17.4. The van der Waals surface area contributed by atoms with Crippen LogP contribution in [0.3, 0.4) is 0 Å². The van der Waals surface area contributed by atoms with Crippen LogP contribution < -0.4 is 5.56 Å². The molecule has 1 amide bonds. The fraction of sp³-hybridized carbons (Fsp3) is 0.200. The molecule has 1 fully saturated rings. The number of carbonyl (C=O) groups is 1. The van der Waals surface area contributed by atoms with Crippen molar-refractivity contribution in [2.75, 3.05) is 6.54 Å². The van der Waals surface area contributed by atoms with E-state index in [1.165, 1.54) is 12.1 Å². The molecule has 0 spiro atoms. The van der Waals surface area contributed by atoms with Gasteiger partial charge in [0.25, 0.3) is 11.5 Å². The Labute approximate surface area is 143 Å². The summed E-state index contributed by atoms with van der Waals surface area (Å²) in [6.07, 6.45) is 1.64. The van der Waals surface area contributed by atoms with Gasteiger partial charge < -0.3 is 9.88 Å². The first-order valence-corrected chi connectivity index (χ1v) is 8.32. The van der Waals surface area contributed by atoms with E-state index in [9.17, 15) is 14.0 Å². The summed E-state index contributed by atoms with van der Waals surface area (Å²) in [6.45, 7) is 0.592. The van der Waals surface area contributed by atoms with Crippen molar-refractivity contribution >= 4 is 16.7 Å². The topological polar surface area (TPSA) is 53.2 Å². The van der Waals surface area contributed by atoms with Crippen LogP contribution in [0.25, 0.3) is 10.8 Å². The number of amides is 1. The second kappa shape index (κ2) is 6.16. The third-order valence-electron chi connectivity index (χ3n) is 4.73. The molecular formula is C20H17FN2O2. The van der Waals surface area contributed by atoms with Gasteiger partial charge in [-0.2, -0.15) is 0 Å². The highest BCUT2D eigenvalue weighted by Crippen LogP contribution is 2.33. The molecule has 1 N–H and O–H groups in total. The summed E-state index contributed by atoms with van der Waals surface area (Å²) in [4.78, 5) is 29.6. The number of rotatable bonds is 2. The average Bonchev–Trinajstić information content (AvgIpc) is 3.11. The number of nitrogens with zero attached hydrogens (tertiary/aromatic N) is 1. The number of carbonyl (C=O) groups excluding carboxylic acids is 1. The fourth-order valence-corrected chi connectivity index (χ4v) is 3.55. The van der Waals surface area contributed by atoms with Crippen LogP contribution in [-0.2, 0) is 0 Å². The summed E-state index contributed by atoms with van der Waals surface area (Å²) in [6, 6.07) is 15.1. The van der Waals surface area contributed by atoms with Crippen LogP contribution in [0.1, 0.15) is 34.9 Å². The number of aromatic amines is 1. The Morgan fingerprint density at radius 1 is 1.12 bits per heavy atom. The molecule has 3 aromatic rings. The molecule has 0 aliphatic carbocycles. The molecule has 0 radical (unpaired) electrons. The monoisotopic (exact) mass is 336 g/mol. The van der Waals surface area contributed by atoms with E-state index in [1.807, 2.05) is 18.2 Å². The molecule has 126 valence electrons. The highest BCUT2D eigenvalue weighted by Gasteiger charge is 2.31. The molecule has 1 saturated heterocycles. The molecule has 1 aliphatic rings. The predicted molar refractivity (Wildman–Crippen MR) is 94.0 cm³/mol. The predicted octanol–water partition coefficient (Wildman–Crippen LogP) is 3.64. The van der Waals surface area contributed by atoms with Crippen molar-refractivity contribution in [3.8, 4) is 0 Å². The van der Waals surface area contributed by atoms with E-state index in [2.05, 4.69) is 4.98 Å². The SMILES string of the molecule is O=C(c1cc2ccccc2c(=O)[nH]1)N1CCC[C@@H]1c1cccc(F)c1. The van der Waals surface area contributed by atoms with Gasteiger partial charge in [0.2, 0.25) is 0 Å². The highest BCUT2D eigenvalue weighted by atomic mass is 19.1. The number of aromatic nitrogens is 1. The Morgan fingerprint density at radius 3 is 2.80 bits per heavy atom. The summed E-state index contributed by atoms with van der Waals surface area (Å²) in [5, 5.41) is 1.29. The van der Waals surface area contributed by atoms with Gasteiger partial charge in [0.15, 0.2) is 0 Å². The lowest BCUT2D eigenvalue weighted by molar-refractivity contribution is 0.0729. The molecule has 1 atom stereocenters. The summed E-state index contributed by atoms with van der Waals surface area (Å²) >= 11 is 0. The molecule has 0 unspecified atom stereocenters. The van der Waals surface area contributed by atoms with E-state index in [4.69, 9.17) is 0 Å². The average molecular weight is 336 g/mol. The van der Waals surface area contributed by atoms with E-state index in [0.29, 0.717) is 11.9 Å². The van der Waals surface area contributed by atoms with Gasteiger partial charge in [0.05, 0.1) is 6.04 Å². The molecule has 4 rings (SSSR count). The van der Waals surface area contributed by atoms with Gasteiger partial charge in [-0.1, -0.05) is 30.3 Å². The van der Waals surface area contributed by atoms with E-state index >= 15 is 0 Å². The number of likely N-dealkylation sites (tertiary alicyclic amines) is 1. The Morgan fingerprint density at radius 2 is 1.96 bits per heavy atom. The summed E-state index contributed by atoms with van der Waals surface area (Å²) in [5.74, 6) is -0.537. The Bertz CT molecular complexity index is 1010. The van der Waals surface area contributed by atoms with Crippen molar-refractivity contribution in [1.29, 1.82) is 0 Å². The van der Waals surface area contributed by atoms with Crippen molar-refractivity contribution in [3.63, 3.8) is 0 Å². The van der Waals surface area contributed by atoms with Crippen molar-refractivity contribution < 1.29 is 9.18 Å². The number of pyridine rings is 1. The van der Waals surface area contributed by atoms with Crippen LogP contribution in [0, 0.1) is 5.82 Å². The minimum absolute atomic E-state index is 0.168. The minimum atomic E-state index is -0.309. The lowest BCUT2D eigenvalue weighted by Gasteiger charge is -2.25. The van der Waals surface area contributed by atoms with Crippen LogP contribution >= 0.6 is 0 Å². The first-order valence-electron chi connectivity index (χ1n) is 8.32. The van der Waals surface area contributed by atoms with E-state index in [0.717, 1.165) is 23.8 Å². The van der Waals surface area contributed by atoms with Crippen LogP contribution in [0.2, 0.25) is 0 Å². The molecule has 4 nitrogen and oxygen atoms in total. The molecule has 2 aromatic carbocycles. The van der Waals surface area contributed by atoms with Gasteiger partial charge in [-0.3, -0.25) is 9.59 Å². The number of hydrogen-bond acceptors (Lipinski definition) is 2. The van der Waals surface area contributed by atoms with Gasteiger partial charge in [-0.25, -0.2) is 4.39 Å². The smallest absolute Gasteiger partial charge is 0.270 e. The maximum absolute atomic E-state index is 13.5. The van der Waals surface area contributed by atoms with Gasteiger partial charge >= 0.3 is 0 Å². The van der Waals surface area contributed by atoms with Gasteiger partial charge in [-0.15, -0.1) is 0 Å². The third-order valence-corrected chi connectivity index (χ3v) is 4.73. The summed E-state index contributed by atoms with van der Waals surface area (Å²) in [7, 11) is 0.